The molecule has 0 aliphatic carbocycles. The van der Waals surface area contributed by atoms with Crippen LogP contribution in [0.3, 0.4) is 0 Å². The van der Waals surface area contributed by atoms with Crippen LogP contribution in [0.25, 0.3) is 0 Å². The van der Waals surface area contributed by atoms with Crippen LogP contribution < -0.4 is 11.1 Å². The van der Waals surface area contributed by atoms with Crippen LogP contribution in [0, 0.1) is 18.6 Å². The topological polar surface area (TPSA) is 55.1 Å². The van der Waals surface area contributed by atoms with E-state index in [-0.39, 0.29) is 5.56 Å². The number of halogens is 3. The highest BCUT2D eigenvalue weighted by Crippen LogP contribution is 2.22. The van der Waals surface area contributed by atoms with Gasteiger partial charge >= 0.3 is 0 Å². The molecule has 104 valence electrons. The average molecular weight is 341 g/mol. The maximum absolute atomic E-state index is 13.3. The molecule has 0 fully saturated rings. The number of amides is 1. The van der Waals surface area contributed by atoms with Crippen molar-refractivity contribution >= 4 is 33.2 Å². The molecule has 3 nitrogen and oxygen atoms in total. The number of hydrogen-bond acceptors (Lipinski definition) is 2. The molecule has 0 atom stereocenters. The van der Waals surface area contributed by atoms with Crippen molar-refractivity contribution in [2.75, 3.05) is 11.1 Å². The molecule has 20 heavy (non-hydrogen) atoms. The molecule has 0 bridgehead atoms. The number of nitrogen functional groups attached to an aromatic ring is 1. The van der Waals surface area contributed by atoms with Gasteiger partial charge in [-0.15, -0.1) is 0 Å². The van der Waals surface area contributed by atoms with Gasteiger partial charge in [-0.1, -0.05) is 15.9 Å². The van der Waals surface area contributed by atoms with Gasteiger partial charge in [0.2, 0.25) is 0 Å². The molecule has 2 rings (SSSR count). The van der Waals surface area contributed by atoms with Crippen LogP contribution in [0.4, 0.5) is 20.2 Å². The van der Waals surface area contributed by atoms with E-state index in [1.54, 1.807) is 18.2 Å². The monoisotopic (exact) mass is 340 g/mol. The summed E-state index contributed by atoms with van der Waals surface area (Å²) in [6, 6.07) is 7.00. The van der Waals surface area contributed by atoms with Crippen LogP contribution in [0.5, 0.6) is 0 Å². The highest BCUT2D eigenvalue weighted by Gasteiger charge is 2.13. The van der Waals surface area contributed by atoms with Crippen molar-refractivity contribution in [2.24, 2.45) is 0 Å². The molecule has 2 aromatic carbocycles. The van der Waals surface area contributed by atoms with Gasteiger partial charge in [-0.3, -0.25) is 4.79 Å². The summed E-state index contributed by atoms with van der Waals surface area (Å²) in [5, 5.41) is 2.57. The molecular formula is C14H11BrF2N2O. The summed E-state index contributed by atoms with van der Waals surface area (Å²) in [6.07, 6.45) is 0. The summed E-state index contributed by atoms with van der Waals surface area (Å²) in [5.74, 6) is -2.52. The number of nitrogens with two attached hydrogens (primary N) is 1. The summed E-state index contributed by atoms with van der Waals surface area (Å²) in [5.41, 5.74) is 5.89. The van der Waals surface area contributed by atoms with Crippen molar-refractivity contribution in [1.29, 1.82) is 0 Å². The minimum Gasteiger partial charge on any atom is -0.394 e. The summed E-state index contributed by atoms with van der Waals surface area (Å²) < 4.78 is 27.5. The summed E-state index contributed by atoms with van der Waals surface area (Å²) in [4.78, 5) is 11.9. The molecule has 0 aliphatic heterocycles. The first-order valence-corrected chi connectivity index (χ1v) is 6.50. The van der Waals surface area contributed by atoms with E-state index in [0.29, 0.717) is 5.69 Å². The highest BCUT2D eigenvalue weighted by atomic mass is 79.9. The molecule has 0 radical (unpaired) electrons. The van der Waals surface area contributed by atoms with E-state index < -0.39 is 23.2 Å². The lowest BCUT2D eigenvalue weighted by Gasteiger charge is -2.08. The van der Waals surface area contributed by atoms with Crippen LogP contribution in [-0.4, -0.2) is 5.91 Å². The van der Waals surface area contributed by atoms with Gasteiger partial charge in [0.1, 0.15) is 17.3 Å². The molecule has 2 aromatic rings. The molecule has 0 saturated heterocycles. The fourth-order valence-electron chi connectivity index (χ4n) is 1.64. The van der Waals surface area contributed by atoms with Crippen molar-refractivity contribution in [3.63, 3.8) is 0 Å². The summed E-state index contributed by atoms with van der Waals surface area (Å²) >= 11 is 3.34. The lowest BCUT2D eigenvalue weighted by molar-refractivity contribution is 0.102. The zero-order chi connectivity index (χ0) is 14.9. The summed E-state index contributed by atoms with van der Waals surface area (Å²) in [7, 11) is 0. The Morgan fingerprint density at radius 2 is 1.80 bits per heavy atom. The highest BCUT2D eigenvalue weighted by molar-refractivity contribution is 9.10. The van der Waals surface area contributed by atoms with Crippen LogP contribution in [-0.2, 0) is 0 Å². The van der Waals surface area contributed by atoms with Crippen LogP contribution in [0.15, 0.2) is 34.8 Å². The van der Waals surface area contributed by atoms with Gasteiger partial charge in [0, 0.05) is 15.7 Å². The minimum absolute atomic E-state index is 0.130. The second-order valence-corrected chi connectivity index (χ2v) is 5.13. The number of anilines is 2. The molecule has 0 saturated carbocycles. The minimum atomic E-state index is -0.956. The second-order valence-electron chi connectivity index (χ2n) is 4.27. The lowest BCUT2D eigenvalue weighted by Crippen LogP contribution is -2.13. The number of benzene rings is 2. The van der Waals surface area contributed by atoms with Crippen molar-refractivity contribution in [1.82, 2.24) is 0 Å². The number of carbonyl (C=O) groups is 1. The van der Waals surface area contributed by atoms with Crippen molar-refractivity contribution in [3.8, 4) is 0 Å². The first-order chi connectivity index (χ1) is 9.38. The smallest absolute Gasteiger partial charge is 0.255 e. The first-order valence-electron chi connectivity index (χ1n) is 5.70. The SMILES string of the molecule is Cc1cc(NC(=O)c2cc(F)c(N)c(F)c2)ccc1Br. The largest absolute Gasteiger partial charge is 0.394 e. The number of hydrogen-bond donors (Lipinski definition) is 2. The molecular weight excluding hydrogens is 330 g/mol. The van der Waals surface area contributed by atoms with Crippen LogP contribution >= 0.6 is 15.9 Å². The third-order valence-electron chi connectivity index (χ3n) is 2.76. The normalized spacial score (nSPS) is 10.4. The van der Waals surface area contributed by atoms with E-state index in [0.717, 1.165) is 22.2 Å². The van der Waals surface area contributed by atoms with E-state index in [1.165, 1.54) is 0 Å². The van der Waals surface area contributed by atoms with E-state index >= 15 is 0 Å². The Labute approximate surface area is 122 Å². The van der Waals surface area contributed by atoms with Gasteiger partial charge < -0.3 is 11.1 Å². The average Bonchev–Trinajstić information content (AvgIpc) is 2.39. The third kappa shape index (κ3) is 2.96. The summed E-state index contributed by atoms with van der Waals surface area (Å²) in [6.45, 7) is 1.86. The van der Waals surface area contributed by atoms with E-state index in [9.17, 15) is 13.6 Å². The van der Waals surface area contributed by atoms with Crippen molar-refractivity contribution in [2.45, 2.75) is 6.92 Å². The Morgan fingerprint density at radius 3 is 2.35 bits per heavy atom. The predicted molar refractivity (Wildman–Crippen MR) is 77.6 cm³/mol. The third-order valence-corrected chi connectivity index (χ3v) is 3.65. The molecule has 3 N–H and O–H groups in total. The van der Waals surface area contributed by atoms with Crippen LogP contribution in [0.1, 0.15) is 15.9 Å². The van der Waals surface area contributed by atoms with Crippen molar-refractivity contribution in [3.05, 3.63) is 57.6 Å². The Bertz CT molecular complexity index is 666. The van der Waals surface area contributed by atoms with Crippen LogP contribution in [0.2, 0.25) is 0 Å². The zero-order valence-corrected chi connectivity index (χ0v) is 12.1. The van der Waals surface area contributed by atoms with Gasteiger partial charge in [0.25, 0.3) is 5.91 Å². The number of aryl methyl sites for hydroxylation is 1. The second kappa shape index (κ2) is 5.58. The Balaban J connectivity index is 2.26. The zero-order valence-electron chi connectivity index (χ0n) is 10.5. The number of nitrogens with one attached hydrogen (secondary N) is 1. The Kier molecular flexibility index (Phi) is 4.04. The molecule has 0 unspecified atom stereocenters. The van der Waals surface area contributed by atoms with Gasteiger partial charge in [-0.2, -0.15) is 0 Å². The van der Waals surface area contributed by atoms with Gasteiger partial charge in [-0.05, 0) is 42.8 Å². The van der Waals surface area contributed by atoms with Gasteiger partial charge in [-0.25, -0.2) is 8.78 Å². The van der Waals surface area contributed by atoms with Crippen molar-refractivity contribution < 1.29 is 13.6 Å². The Hall–Kier alpha value is -1.95. The fourth-order valence-corrected chi connectivity index (χ4v) is 1.89. The lowest BCUT2D eigenvalue weighted by atomic mass is 10.1. The maximum atomic E-state index is 13.3. The standard InChI is InChI=1S/C14H11BrF2N2O/c1-7-4-9(2-3-10(7)15)19-14(20)8-5-11(16)13(18)12(17)6-8/h2-6H,18H2,1H3,(H,19,20). The molecule has 0 spiro atoms. The molecule has 6 heteroatoms. The quantitative estimate of drug-likeness (QED) is 0.815. The maximum Gasteiger partial charge on any atom is 0.255 e. The number of rotatable bonds is 2. The molecule has 0 aromatic heterocycles. The van der Waals surface area contributed by atoms with Gasteiger partial charge in [0.15, 0.2) is 0 Å². The molecule has 0 heterocycles. The predicted octanol–water partition coefficient (Wildman–Crippen LogP) is 3.87. The van der Waals surface area contributed by atoms with E-state index in [4.69, 9.17) is 5.73 Å². The van der Waals surface area contributed by atoms with Gasteiger partial charge in [0.05, 0.1) is 0 Å². The Morgan fingerprint density at radius 1 is 1.20 bits per heavy atom. The molecule has 0 aliphatic rings. The van der Waals surface area contributed by atoms with E-state index in [1.807, 2.05) is 6.92 Å². The number of carbonyl (C=O) groups excluding carboxylic acids is 1. The first kappa shape index (κ1) is 14.5. The molecule has 1 amide bonds. The fraction of sp³-hybridized carbons (Fsp3) is 0.0714. The van der Waals surface area contributed by atoms with E-state index in [2.05, 4.69) is 21.2 Å².